The van der Waals surface area contributed by atoms with Crippen molar-refractivity contribution in [1.29, 1.82) is 0 Å². The molecule has 0 aromatic heterocycles. The van der Waals surface area contributed by atoms with Gasteiger partial charge in [0.15, 0.2) is 0 Å². The van der Waals surface area contributed by atoms with Crippen molar-refractivity contribution in [3.63, 3.8) is 0 Å². The molecule has 0 fully saturated rings. The molecule has 25 heavy (non-hydrogen) atoms. The number of aliphatic carboxylic acids is 1. The van der Waals surface area contributed by atoms with E-state index in [1.165, 1.54) is 6.92 Å². The monoisotopic (exact) mass is 352 g/mol. The number of unbranched alkanes of at least 4 members (excludes halogenated alkanes) is 3. The van der Waals surface area contributed by atoms with Crippen LogP contribution in [0.3, 0.4) is 0 Å². The van der Waals surface area contributed by atoms with Crippen molar-refractivity contribution in [2.45, 2.75) is 71.3 Å². The van der Waals surface area contributed by atoms with Gasteiger partial charge in [-0.25, -0.2) is 0 Å². The molecule has 0 saturated carbocycles. The molecule has 0 radical (unpaired) electrons. The van der Waals surface area contributed by atoms with E-state index in [2.05, 4.69) is 6.92 Å². The van der Waals surface area contributed by atoms with Crippen molar-refractivity contribution in [3.8, 4) is 0 Å². The molecular formula is C20H32O5. The molecule has 5 nitrogen and oxygen atoms in total. The predicted molar refractivity (Wildman–Crippen MR) is 98.3 cm³/mol. The van der Waals surface area contributed by atoms with Crippen molar-refractivity contribution in [2.24, 2.45) is 11.8 Å². The molecule has 0 spiro atoms. The standard InChI is InChI=1S/C20H32O5/c1-3-4-7-11-19(16(2)22)17(15-21)13-14-18(23)10-8-5-6-9-12-20(24)25/h5,8,13-15,17-19,23H,3-4,6-7,9-12H2,1-2H3,(H,24,25)/b8-5-,14-13+/t17-,18+,19+/m0/s1. The summed E-state index contributed by atoms with van der Waals surface area (Å²) in [6, 6.07) is 0. The number of carbonyl (C=O) groups is 3. The molecule has 0 amide bonds. The number of allylic oxidation sites excluding steroid dienone is 2. The summed E-state index contributed by atoms with van der Waals surface area (Å²) in [5.41, 5.74) is 0. The number of hydrogen-bond acceptors (Lipinski definition) is 4. The minimum absolute atomic E-state index is 0.00525. The second-order valence-electron chi connectivity index (χ2n) is 6.37. The van der Waals surface area contributed by atoms with E-state index in [4.69, 9.17) is 5.11 Å². The first-order chi connectivity index (χ1) is 11.9. The zero-order valence-corrected chi connectivity index (χ0v) is 15.4. The van der Waals surface area contributed by atoms with E-state index >= 15 is 0 Å². The molecule has 0 aliphatic rings. The van der Waals surface area contributed by atoms with Gasteiger partial charge in [-0.1, -0.05) is 50.5 Å². The Hall–Kier alpha value is -1.75. The van der Waals surface area contributed by atoms with E-state index in [-0.39, 0.29) is 18.1 Å². The van der Waals surface area contributed by atoms with Crippen molar-refractivity contribution in [1.82, 2.24) is 0 Å². The van der Waals surface area contributed by atoms with Gasteiger partial charge in [-0.15, -0.1) is 0 Å². The lowest BCUT2D eigenvalue weighted by molar-refractivity contribution is -0.137. The summed E-state index contributed by atoms with van der Waals surface area (Å²) in [6.45, 7) is 3.60. The molecule has 0 heterocycles. The van der Waals surface area contributed by atoms with E-state index in [1.54, 1.807) is 18.2 Å². The smallest absolute Gasteiger partial charge is 0.303 e. The number of ketones is 1. The van der Waals surface area contributed by atoms with E-state index in [9.17, 15) is 19.5 Å². The van der Waals surface area contributed by atoms with Gasteiger partial charge in [0.2, 0.25) is 0 Å². The van der Waals surface area contributed by atoms with Crippen molar-refractivity contribution >= 4 is 18.0 Å². The van der Waals surface area contributed by atoms with Gasteiger partial charge in [0, 0.05) is 18.3 Å². The zero-order chi connectivity index (χ0) is 19.1. The molecule has 0 aliphatic heterocycles. The highest BCUT2D eigenvalue weighted by Gasteiger charge is 2.22. The lowest BCUT2D eigenvalue weighted by atomic mass is 9.85. The second-order valence-corrected chi connectivity index (χ2v) is 6.37. The van der Waals surface area contributed by atoms with Gasteiger partial charge in [-0.2, -0.15) is 0 Å². The van der Waals surface area contributed by atoms with Gasteiger partial charge in [-0.05, 0) is 32.6 Å². The molecule has 0 rings (SSSR count). The maximum absolute atomic E-state index is 11.8. The molecule has 142 valence electrons. The van der Waals surface area contributed by atoms with Gasteiger partial charge in [0.25, 0.3) is 0 Å². The SMILES string of the molecule is CCCCC[C@H](C(C)=O)[C@H](C=O)/C=C/[C@H](O)C/C=C\CCCC(=O)O. The summed E-state index contributed by atoms with van der Waals surface area (Å²) < 4.78 is 0. The van der Waals surface area contributed by atoms with Gasteiger partial charge in [-0.3, -0.25) is 9.59 Å². The summed E-state index contributed by atoms with van der Waals surface area (Å²) in [5, 5.41) is 18.5. The van der Waals surface area contributed by atoms with Crippen LogP contribution in [0.5, 0.6) is 0 Å². The normalized spacial score (nSPS) is 15.3. The summed E-state index contributed by atoms with van der Waals surface area (Å²) in [4.78, 5) is 33.5. The Morgan fingerprint density at radius 1 is 1.08 bits per heavy atom. The van der Waals surface area contributed by atoms with Crippen LogP contribution in [0.25, 0.3) is 0 Å². The van der Waals surface area contributed by atoms with Crippen LogP contribution in [0.2, 0.25) is 0 Å². The maximum Gasteiger partial charge on any atom is 0.303 e. The number of carboxylic acid groups (broad SMARTS) is 1. The molecule has 0 aromatic carbocycles. The molecule has 5 heteroatoms. The first-order valence-electron chi connectivity index (χ1n) is 9.11. The number of hydrogen-bond donors (Lipinski definition) is 2. The first-order valence-corrected chi connectivity index (χ1v) is 9.11. The number of carboxylic acids is 1. The highest BCUT2D eigenvalue weighted by molar-refractivity contribution is 5.82. The molecular weight excluding hydrogens is 320 g/mol. The van der Waals surface area contributed by atoms with Crippen LogP contribution in [0.1, 0.15) is 65.2 Å². The van der Waals surface area contributed by atoms with Crippen LogP contribution in [0.4, 0.5) is 0 Å². The van der Waals surface area contributed by atoms with Crippen LogP contribution in [0.15, 0.2) is 24.3 Å². The second kappa shape index (κ2) is 14.6. The van der Waals surface area contributed by atoms with E-state index < -0.39 is 18.0 Å². The molecule has 0 unspecified atom stereocenters. The minimum Gasteiger partial charge on any atom is -0.481 e. The minimum atomic E-state index is -0.810. The molecule has 2 N–H and O–H groups in total. The van der Waals surface area contributed by atoms with Gasteiger partial charge >= 0.3 is 5.97 Å². The number of Topliss-reactive ketones (excluding diaryl/α,β-unsaturated/α-hetero) is 1. The number of carbonyl (C=O) groups excluding carboxylic acids is 2. The number of aliphatic hydroxyl groups excluding tert-OH is 1. The van der Waals surface area contributed by atoms with E-state index in [0.29, 0.717) is 25.7 Å². The summed E-state index contributed by atoms with van der Waals surface area (Å²) >= 11 is 0. The fourth-order valence-corrected chi connectivity index (χ4v) is 2.62. The third-order valence-electron chi connectivity index (χ3n) is 4.12. The Labute approximate surface area is 150 Å². The zero-order valence-electron chi connectivity index (χ0n) is 15.4. The Bertz CT molecular complexity index is 453. The number of aldehydes is 1. The number of rotatable bonds is 15. The van der Waals surface area contributed by atoms with Gasteiger partial charge in [0.1, 0.15) is 12.1 Å². The fraction of sp³-hybridized carbons (Fsp3) is 0.650. The molecule has 0 saturated heterocycles. The predicted octanol–water partition coefficient (Wildman–Crippen LogP) is 3.71. The van der Waals surface area contributed by atoms with Crippen molar-refractivity contribution < 1.29 is 24.6 Å². The first kappa shape index (κ1) is 23.2. The Morgan fingerprint density at radius 3 is 2.36 bits per heavy atom. The lowest BCUT2D eigenvalue weighted by Gasteiger charge is -2.17. The van der Waals surface area contributed by atoms with Crippen LogP contribution >= 0.6 is 0 Å². The van der Waals surface area contributed by atoms with Crippen molar-refractivity contribution in [3.05, 3.63) is 24.3 Å². The topological polar surface area (TPSA) is 91.7 Å². The maximum atomic E-state index is 11.8. The Kier molecular flexibility index (Phi) is 13.6. The van der Waals surface area contributed by atoms with Gasteiger partial charge in [0.05, 0.1) is 6.10 Å². The van der Waals surface area contributed by atoms with Gasteiger partial charge < -0.3 is 15.0 Å². The molecule has 0 bridgehead atoms. The van der Waals surface area contributed by atoms with Crippen LogP contribution in [-0.4, -0.2) is 34.4 Å². The molecule has 0 aliphatic carbocycles. The fourth-order valence-electron chi connectivity index (χ4n) is 2.62. The largest absolute Gasteiger partial charge is 0.481 e. The molecule has 3 atom stereocenters. The highest BCUT2D eigenvalue weighted by Crippen LogP contribution is 2.21. The van der Waals surface area contributed by atoms with E-state index in [1.807, 2.05) is 6.08 Å². The van der Waals surface area contributed by atoms with Crippen LogP contribution < -0.4 is 0 Å². The quantitative estimate of drug-likeness (QED) is 0.266. The molecule has 0 aromatic rings. The summed E-state index contributed by atoms with van der Waals surface area (Å²) in [5.74, 6) is -1.62. The van der Waals surface area contributed by atoms with Crippen LogP contribution in [0, 0.1) is 11.8 Å². The summed E-state index contributed by atoms with van der Waals surface area (Å²) in [6.07, 6.45) is 12.4. The summed E-state index contributed by atoms with van der Waals surface area (Å²) in [7, 11) is 0. The average Bonchev–Trinajstić information content (AvgIpc) is 2.56. The van der Waals surface area contributed by atoms with E-state index in [0.717, 1.165) is 25.5 Å². The highest BCUT2D eigenvalue weighted by atomic mass is 16.4. The number of aliphatic hydroxyl groups is 1. The van der Waals surface area contributed by atoms with Crippen molar-refractivity contribution in [2.75, 3.05) is 0 Å². The lowest BCUT2D eigenvalue weighted by Crippen LogP contribution is -2.22. The Balaban J connectivity index is 4.40. The van der Waals surface area contributed by atoms with Crippen LogP contribution in [-0.2, 0) is 14.4 Å². The Morgan fingerprint density at radius 2 is 1.80 bits per heavy atom. The third kappa shape index (κ3) is 12.3. The third-order valence-corrected chi connectivity index (χ3v) is 4.12. The average molecular weight is 352 g/mol.